The third-order valence-electron chi connectivity index (χ3n) is 6.23. The Hall–Kier alpha value is -4.31. The zero-order chi connectivity index (χ0) is 24.7. The molecule has 4 aromatic rings. The molecule has 0 bridgehead atoms. The van der Waals surface area contributed by atoms with E-state index in [9.17, 15) is 9.59 Å². The van der Waals surface area contributed by atoms with Crippen LogP contribution in [-0.4, -0.2) is 17.4 Å². The molecule has 1 amide bonds. The molecule has 2 N–H and O–H groups in total. The summed E-state index contributed by atoms with van der Waals surface area (Å²) in [6, 6.07) is 39.5. The second-order valence-electron chi connectivity index (χ2n) is 8.55. The number of nitrogens with two attached hydrogens (primary N) is 1. The van der Waals surface area contributed by atoms with Gasteiger partial charge in [-0.3, -0.25) is 14.6 Å². The Labute approximate surface area is 206 Å². The molecule has 0 radical (unpaired) electrons. The fourth-order valence-corrected chi connectivity index (χ4v) is 4.42. The fourth-order valence-electron chi connectivity index (χ4n) is 4.42. The van der Waals surface area contributed by atoms with Gasteiger partial charge in [-0.2, -0.15) is 0 Å². The van der Waals surface area contributed by atoms with Gasteiger partial charge in [0.05, 0.1) is 11.6 Å². The van der Waals surface area contributed by atoms with Crippen LogP contribution in [0.5, 0.6) is 0 Å². The van der Waals surface area contributed by atoms with Crippen LogP contribution in [0.15, 0.2) is 126 Å². The molecule has 1 unspecified atom stereocenters. The summed E-state index contributed by atoms with van der Waals surface area (Å²) in [6.45, 7) is 1.41. The van der Waals surface area contributed by atoms with Crippen LogP contribution in [0.1, 0.15) is 35.6 Å². The van der Waals surface area contributed by atoms with E-state index < -0.39 is 17.4 Å². The summed E-state index contributed by atoms with van der Waals surface area (Å²) < 4.78 is 0. The van der Waals surface area contributed by atoms with E-state index in [4.69, 9.17) is 10.7 Å². The van der Waals surface area contributed by atoms with E-state index in [1.165, 1.54) is 6.92 Å². The first-order valence-corrected chi connectivity index (χ1v) is 11.6. The number of primary amides is 1. The van der Waals surface area contributed by atoms with Gasteiger partial charge in [0.25, 0.3) is 0 Å². The number of amides is 1. The summed E-state index contributed by atoms with van der Waals surface area (Å²) in [6.07, 6.45) is 0.120. The maximum absolute atomic E-state index is 12.6. The Morgan fingerprint density at radius 2 is 1.06 bits per heavy atom. The van der Waals surface area contributed by atoms with Gasteiger partial charge in [-0.15, -0.1) is 0 Å². The standard InChI is InChI=1S/C31H28N2O2/c1-23(34)28(30(32)35)22-31(26-18-10-4-11-19-26,27-20-12-5-13-21-27)33-29(24-14-6-2-7-15-24)25-16-8-3-9-17-25/h2-21,28H,22H2,1H3,(H2,32,35). The molecule has 0 fully saturated rings. The van der Waals surface area contributed by atoms with E-state index in [1.807, 2.05) is 121 Å². The van der Waals surface area contributed by atoms with Gasteiger partial charge in [0.2, 0.25) is 5.91 Å². The van der Waals surface area contributed by atoms with Gasteiger partial charge in [-0.25, -0.2) is 0 Å². The Balaban J connectivity index is 2.08. The zero-order valence-corrected chi connectivity index (χ0v) is 19.7. The van der Waals surface area contributed by atoms with Crippen molar-refractivity contribution in [2.24, 2.45) is 16.6 Å². The molecule has 0 aliphatic carbocycles. The number of ketones is 1. The quantitative estimate of drug-likeness (QED) is 0.263. The number of carbonyl (C=O) groups is 2. The molecule has 0 aromatic heterocycles. The summed E-state index contributed by atoms with van der Waals surface area (Å²) in [4.78, 5) is 30.5. The molecule has 1 atom stereocenters. The van der Waals surface area contributed by atoms with Gasteiger partial charge >= 0.3 is 0 Å². The van der Waals surface area contributed by atoms with Crippen molar-refractivity contribution in [3.05, 3.63) is 144 Å². The number of Topliss-reactive ketones (excluding diaryl/α,β-unsaturated/α-hetero) is 1. The van der Waals surface area contributed by atoms with Crippen LogP contribution in [-0.2, 0) is 15.1 Å². The second kappa shape index (κ2) is 10.7. The number of nitrogens with zero attached hydrogens (tertiary/aromatic N) is 1. The Kier molecular flexibility index (Phi) is 7.32. The highest BCUT2D eigenvalue weighted by Crippen LogP contribution is 2.41. The highest BCUT2D eigenvalue weighted by Gasteiger charge is 2.40. The first kappa shape index (κ1) is 23.8. The second-order valence-corrected chi connectivity index (χ2v) is 8.55. The van der Waals surface area contributed by atoms with Crippen molar-refractivity contribution >= 4 is 17.4 Å². The lowest BCUT2D eigenvalue weighted by Gasteiger charge is -2.34. The van der Waals surface area contributed by atoms with Crippen molar-refractivity contribution in [3.8, 4) is 0 Å². The molecule has 4 aromatic carbocycles. The minimum atomic E-state index is -1.03. The van der Waals surface area contributed by atoms with E-state index in [-0.39, 0.29) is 12.2 Å². The van der Waals surface area contributed by atoms with E-state index in [2.05, 4.69) is 0 Å². The Bertz CT molecular complexity index is 1210. The predicted octanol–water partition coefficient (Wildman–Crippen LogP) is 5.55. The number of aliphatic imine (C=N–C) groups is 1. The summed E-state index contributed by atoms with van der Waals surface area (Å²) in [5, 5.41) is 0. The Morgan fingerprint density at radius 3 is 1.40 bits per heavy atom. The van der Waals surface area contributed by atoms with Crippen LogP contribution >= 0.6 is 0 Å². The third kappa shape index (κ3) is 5.28. The van der Waals surface area contributed by atoms with Gasteiger partial charge in [-0.05, 0) is 24.5 Å². The summed E-state index contributed by atoms with van der Waals surface area (Å²) in [5.74, 6) is -1.92. The molecule has 0 aliphatic rings. The minimum absolute atomic E-state index is 0.120. The lowest BCUT2D eigenvalue weighted by atomic mass is 9.75. The van der Waals surface area contributed by atoms with E-state index >= 15 is 0 Å². The maximum Gasteiger partial charge on any atom is 0.228 e. The van der Waals surface area contributed by atoms with Crippen LogP contribution < -0.4 is 5.73 Å². The summed E-state index contributed by atoms with van der Waals surface area (Å²) in [5.41, 5.74) is 9.11. The van der Waals surface area contributed by atoms with E-state index in [1.54, 1.807) is 0 Å². The number of hydrogen-bond donors (Lipinski definition) is 1. The molecule has 0 heterocycles. The average molecular weight is 461 g/mol. The lowest BCUT2D eigenvalue weighted by Crippen LogP contribution is -2.38. The van der Waals surface area contributed by atoms with Gasteiger partial charge < -0.3 is 5.73 Å². The van der Waals surface area contributed by atoms with Crippen LogP contribution in [0.2, 0.25) is 0 Å². The number of benzene rings is 4. The van der Waals surface area contributed by atoms with Gasteiger partial charge in [0.1, 0.15) is 11.3 Å². The first-order valence-electron chi connectivity index (χ1n) is 11.6. The van der Waals surface area contributed by atoms with Crippen LogP contribution in [0.4, 0.5) is 0 Å². The Morgan fingerprint density at radius 1 is 0.686 bits per heavy atom. The van der Waals surface area contributed by atoms with Crippen LogP contribution in [0.25, 0.3) is 0 Å². The average Bonchev–Trinajstić information content (AvgIpc) is 2.91. The normalized spacial score (nSPS) is 11.9. The lowest BCUT2D eigenvalue weighted by molar-refractivity contribution is -0.131. The molecule has 0 saturated heterocycles. The zero-order valence-electron chi connectivity index (χ0n) is 19.7. The maximum atomic E-state index is 12.6. The van der Waals surface area contributed by atoms with Gasteiger partial charge in [0, 0.05) is 11.1 Å². The molecule has 4 heteroatoms. The topological polar surface area (TPSA) is 72.5 Å². The van der Waals surface area contributed by atoms with Crippen molar-refractivity contribution in [1.29, 1.82) is 0 Å². The number of hydrogen-bond acceptors (Lipinski definition) is 3. The van der Waals surface area contributed by atoms with Crippen molar-refractivity contribution < 1.29 is 9.59 Å². The van der Waals surface area contributed by atoms with Crippen molar-refractivity contribution in [2.45, 2.75) is 18.9 Å². The molecule has 4 nitrogen and oxygen atoms in total. The molecule has 174 valence electrons. The van der Waals surface area contributed by atoms with Gasteiger partial charge in [0.15, 0.2) is 0 Å². The van der Waals surface area contributed by atoms with Crippen molar-refractivity contribution in [3.63, 3.8) is 0 Å². The third-order valence-corrected chi connectivity index (χ3v) is 6.23. The minimum Gasteiger partial charge on any atom is -0.369 e. The molecule has 35 heavy (non-hydrogen) atoms. The van der Waals surface area contributed by atoms with E-state index in [0.29, 0.717) is 0 Å². The monoisotopic (exact) mass is 460 g/mol. The van der Waals surface area contributed by atoms with Crippen molar-refractivity contribution in [1.82, 2.24) is 0 Å². The molecule has 0 saturated carbocycles. The summed E-state index contributed by atoms with van der Waals surface area (Å²) in [7, 11) is 0. The molecule has 0 spiro atoms. The van der Waals surface area contributed by atoms with Crippen LogP contribution in [0.3, 0.4) is 0 Å². The highest BCUT2D eigenvalue weighted by atomic mass is 16.2. The van der Waals surface area contributed by atoms with Crippen molar-refractivity contribution in [2.75, 3.05) is 0 Å². The highest BCUT2D eigenvalue weighted by molar-refractivity contribution is 6.13. The SMILES string of the molecule is CC(=O)C(CC(N=C(c1ccccc1)c1ccccc1)(c1ccccc1)c1ccccc1)C(N)=O. The number of rotatable bonds is 9. The molecular weight excluding hydrogens is 432 g/mol. The summed E-state index contributed by atoms with van der Waals surface area (Å²) >= 11 is 0. The first-order chi connectivity index (χ1) is 17.0. The molecule has 4 rings (SSSR count). The van der Waals surface area contributed by atoms with E-state index in [0.717, 1.165) is 28.0 Å². The fraction of sp³-hybridized carbons (Fsp3) is 0.129. The van der Waals surface area contributed by atoms with Crippen LogP contribution in [0, 0.1) is 5.92 Å². The molecule has 0 aliphatic heterocycles. The number of carbonyl (C=O) groups excluding carboxylic acids is 2. The largest absolute Gasteiger partial charge is 0.369 e. The molecular formula is C31H28N2O2. The van der Waals surface area contributed by atoms with Gasteiger partial charge in [-0.1, -0.05) is 121 Å². The predicted molar refractivity (Wildman–Crippen MR) is 140 cm³/mol. The smallest absolute Gasteiger partial charge is 0.228 e.